The molecule has 21 heavy (non-hydrogen) atoms. The number of likely N-dealkylation sites (N-methyl/N-ethyl adjacent to an activating group) is 1. The van der Waals surface area contributed by atoms with Crippen LogP contribution < -0.4 is 4.74 Å². The first-order valence-electron chi connectivity index (χ1n) is 7.48. The average Bonchev–Trinajstić information content (AvgIpc) is 2.65. The van der Waals surface area contributed by atoms with Crippen molar-refractivity contribution in [1.29, 1.82) is 0 Å². The van der Waals surface area contributed by atoms with Crippen molar-refractivity contribution >= 4 is 0 Å². The predicted molar refractivity (Wildman–Crippen MR) is 82.0 cm³/mol. The van der Waals surface area contributed by atoms with E-state index in [1.165, 1.54) is 16.7 Å². The molecule has 0 aromatic heterocycles. The molecule has 0 bridgehead atoms. The van der Waals surface area contributed by atoms with Gasteiger partial charge in [0.2, 0.25) is 0 Å². The van der Waals surface area contributed by atoms with Crippen molar-refractivity contribution in [2.45, 2.75) is 18.4 Å². The van der Waals surface area contributed by atoms with Crippen LogP contribution in [-0.4, -0.2) is 36.2 Å². The minimum Gasteiger partial charge on any atom is -0.508 e. The maximum atomic E-state index is 9.94. The summed E-state index contributed by atoms with van der Waals surface area (Å²) in [5, 5.41) is 9.94. The Labute approximate surface area is 124 Å². The molecule has 2 unspecified atom stereocenters. The highest BCUT2D eigenvalue weighted by Gasteiger charge is 2.37. The third-order valence-electron chi connectivity index (χ3n) is 4.81. The minimum absolute atomic E-state index is 0.268. The molecule has 2 heterocycles. The maximum Gasteiger partial charge on any atom is 0.123 e. The van der Waals surface area contributed by atoms with Crippen LogP contribution in [0.25, 0.3) is 0 Å². The SMILES string of the molecule is CN1CCc2ccc(O)cc2C2c3ccccc3OCC21. The summed E-state index contributed by atoms with van der Waals surface area (Å²) in [6, 6.07) is 14.4. The van der Waals surface area contributed by atoms with Gasteiger partial charge in [-0.3, -0.25) is 4.90 Å². The van der Waals surface area contributed by atoms with Gasteiger partial charge >= 0.3 is 0 Å². The van der Waals surface area contributed by atoms with Crippen molar-refractivity contribution in [3.05, 3.63) is 59.2 Å². The lowest BCUT2D eigenvalue weighted by Gasteiger charge is -2.37. The van der Waals surface area contributed by atoms with E-state index < -0.39 is 0 Å². The molecular weight excluding hydrogens is 262 g/mol. The van der Waals surface area contributed by atoms with E-state index in [-0.39, 0.29) is 5.92 Å². The number of nitrogens with zero attached hydrogens (tertiary/aromatic N) is 1. The molecule has 1 N–H and O–H groups in total. The lowest BCUT2D eigenvalue weighted by Crippen LogP contribution is -2.43. The van der Waals surface area contributed by atoms with Gasteiger partial charge in [-0.1, -0.05) is 24.3 Å². The Bertz CT molecular complexity index is 683. The van der Waals surface area contributed by atoms with E-state index in [2.05, 4.69) is 30.1 Å². The number of phenolic OH excluding ortho intramolecular Hbond substituents is 1. The Morgan fingerprint density at radius 2 is 2.00 bits per heavy atom. The fourth-order valence-electron chi connectivity index (χ4n) is 3.67. The highest BCUT2D eigenvalue weighted by Crippen LogP contribution is 2.43. The Morgan fingerprint density at radius 3 is 2.90 bits per heavy atom. The fraction of sp³-hybridized carbons (Fsp3) is 0.333. The topological polar surface area (TPSA) is 32.7 Å². The standard InChI is InChI=1S/C18H19NO2/c1-19-9-8-12-6-7-13(20)10-15(12)18-14-4-2-3-5-17(14)21-11-16(18)19/h2-7,10,16,18,20H,8-9,11H2,1H3. The van der Waals surface area contributed by atoms with E-state index in [9.17, 15) is 5.11 Å². The first-order valence-corrected chi connectivity index (χ1v) is 7.48. The summed E-state index contributed by atoms with van der Waals surface area (Å²) in [4.78, 5) is 2.39. The molecular formula is C18H19NO2. The van der Waals surface area contributed by atoms with Crippen molar-refractivity contribution in [2.75, 3.05) is 20.2 Å². The van der Waals surface area contributed by atoms with Crippen LogP contribution >= 0.6 is 0 Å². The molecule has 108 valence electrons. The van der Waals surface area contributed by atoms with E-state index in [1.54, 1.807) is 6.07 Å². The molecule has 3 nitrogen and oxygen atoms in total. The number of fused-ring (bicyclic) bond motifs is 5. The summed E-state index contributed by atoms with van der Waals surface area (Å²) in [7, 11) is 2.17. The Balaban J connectivity index is 1.94. The van der Waals surface area contributed by atoms with Gasteiger partial charge in [-0.05, 0) is 42.8 Å². The molecule has 0 amide bonds. The van der Waals surface area contributed by atoms with Crippen molar-refractivity contribution in [2.24, 2.45) is 0 Å². The molecule has 0 aliphatic carbocycles. The Kier molecular flexibility index (Phi) is 2.89. The van der Waals surface area contributed by atoms with Gasteiger partial charge in [-0.15, -0.1) is 0 Å². The number of hydrogen-bond acceptors (Lipinski definition) is 3. The van der Waals surface area contributed by atoms with Crippen LogP contribution in [0.5, 0.6) is 11.5 Å². The van der Waals surface area contributed by atoms with Gasteiger partial charge < -0.3 is 9.84 Å². The minimum atomic E-state index is 0.268. The number of benzene rings is 2. The maximum absolute atomic E-state index is 9.94. The second-order valence-corrected chi connectivity index (χ2v) is 6.01. The predicted octanol–water partition coefficient (Wildman–Crippen LogP) is 2.77. The normalized spacial score (nSPS) is 24.2. The molecule has 2 atom stereocenters. The molecule has 0 radical (unpaired) electrons. The molecule has 2 aliphatic rings. The molecule has 2 aromatic carbocycles. The molecule has 2 aliphatic heterocycles. The van der Waals surface area contributed by atoms with Gasteiger partial charge in [0, 0.05) is 18.0 Å². The third kappa shape index (κ3) is 2.00. The summed E-state index contributed by atoms with van der Waals surface area (Å²) >= 11 is 0. The highest BCUT2D eigenvalue weighted by atomic mass is 16.5. The van der Waals surface area contributed by atoms with Crippen molar-refractivity contribution < 1.29 is 9.84 Å². The zero-order valence-corrected chi connectivity index (χ0v) is 12.1. The monoisotopic (exact) mass is 281 g/mol. The summed E-state index contributed by atoms with van der Waals surface area (Å²) in [5.74, 6) is 1.59. The van der Waals surface area contributed by atoms with Gasteiger partial charge in [-0.2, -0.15) is 0 Å². The van der Waals surface area contributed by atoms with E-state index in [1.807, 2.05) is 18.2 Å². The molecule has 0 fully saturated rings. The number of aromatic hydroxyl groups is 1. The summed E-state index contributed by atoms with van der Waals surface area (Å²) in [5.41, 5.74) is 3.82. The zero-order valence-electron chi connectivity index (χ0n) is 12.1. The van der Waals surface area contributed by atoms with Crippen molar-refractivity contribution in [1.82, 2.24) is 4.90 Å². The van der Waals surface area contributed by atoms with Crippen molar-refractivity contribution in [3.8, 4) is 11.5 Å². The zero-order chi connectivity index (χ0) is 14.4. The number of phenols is 1. The first-order chi connectivity index (χ1) is 10.2. The van der Waals surface area contributed by atoms with E-state index in [4.69, 9.17) is 4.74 Å². The van der Waals surface area contributed by atoms with E-state index >= 15 is 0 Å². The van der Waals surface area contributed by atoms with Gasteiger partial charge in [0.05, 0.1) is 6.04 Å². The van der Waals surface area contributed by atoms with Crippen LogP contribution in [0.1, 0.15) is 22.6 Å². The van der Waals surface area contributed by atoms with Crippen LogP contribution in [0.15, 0.2) is 42.5 Å². The van der Waals surface area contributed by atoms with Crippen molar-refractivity contribution in [3.63, 3.8) is 0 Å². The van der Waals surface area contributed by atoms with E-state index in [0.717, 1.165) is 18.7 Å². The summed E-state index contributed by atoms with van der Waals surface area (Å²) in [6.45, 7) is 1.72. The van der Waals surface area contributed by atoms with Crippen LogP contribution in [0.2, 0.25) is 0 Å². The second kappa shape index (κ2) is 4.78. The largest absolute Gasteiger partial charge is 0.508 e. The number of rotatable bonds is 0. The number of ether oxygens (including phenoxy) is 1. The van der Waals surface area contributed by atoms with Gasteiger partial charge in [0.25, 0.3) is 0 Å². The van der Waals surface area contributed by atoms with Gasteiger partial charge in [-0.25, -0.2) is 0 Å². The number of para-hydroxylation sites is 1. The summed E-state index contributed by atoms with van der Waals surface area (Å²) < 4.78 is 5.96. The van der Waals surface area contributed by atoms with E-state index in [0.29, 0.717) is 18.4 Å². The lowest BCUT2D eigenvalue weighted by molar-refractivity contribution is 0.134. The Hall–Kier alpha value is -2.00. The molecule has 4 rings (SSSR count). The quantitative estimate of drug-likeness (QED) is 0.806. The van der Waals surface area contributed by atoms with Gasteiger partial charge in [0.1, 0.15) is 18.1 Å². The smallest absolute Gasteiger partial charge is 0.123 e. The molecule has 3 heteroatoms. The molecule has 0 saturated carbocycles. The van der Waals surface area contributed by atoms with Crippen LogP contribution in [0.4, 0.5) is 0 Å². The molecule has 0 spiro atoms. The Morgan fingerprint density at radius 1 is 1.14 bits per heavy atom. The highest BCUT2D eigenvalue weighted by molar-refractivity contribution is 5.50. The summed E-state index contributed by atoms with van der Waals surface area (Å²) in [6.07, 6.45) is 1.02. The first kappa shape index (κ1) is 12.7. The fourth-order valence-corrected chi connectivity index (χ4v) is 3.67. The second-order valence-electron chi connectivity index (χ2n) is 6.01. The van der Waals surface area contributed by atoms with Crippen LogP contribution in [0, 0.1) is 0 Å². The average molecular weight is 281 g/mol. The van der Waals surface area contributed by atoms with Gasteiger partial charge in [0.15, 0.2) is 0 Å². The third-order valence-corrected chi connectivity index (χ3v) is 4.81. The molecule has 0 saturated heterocycles. The van der Waals surface area contributed by atoms with Crippen LogP contribution in [0.3, 0.4) is 0 Å². The van der Waals surface area contributed by atoms with Crippen LogP contribution in [-0.2, 0) is 6.42 Å². The molecule has 2 aromatic rings. The number of hydrogen-bond donors (Lipinski definition) is 1. The lowest BCUT2D eigenvalue weighted by atomic mass is 9.81.